The number of fused-ring (bicyclic) bond motifs is 1. The minimum absolute atomic E-state index is 0.197. The van der Waals surface area contributed by atoms with Crippen LogP contribution in [0.15, 0.2) is 94.3 Å². The van der Waals surface area contributed by atoms with Crippen LogP contribution < -0.4 is 5.32 Å². The first kappa shape index (κ1) is 33.7. The molecule has 0 amide bonds. The zero-order chi connectivity index (χ0) is 30.2. The fraction of sp³-hybridized carbons (Fsp3) is 0.444. The maximum Gasteiger partial charge on any atom is 0.131 e. The molecule has 220 valence electrons. The largest absolute Gasteiger partial charge is 0.369 e. The summed E-state index contributed by atoms with van der Waals surface area (Å²) in [5.74, 6) is -0.197. The summed E-state index contributed by atoms with van der Waals surface area (Å²) in [6, 6.07) is 10.3. The van der Waals surface area contributed by atoms with Crippen LogP contribution in [0.25, 0.3) is 5.57 Å². The summed E-state index contributed by atoms with van der Waals surface area (Å²) in [4.78, 5) is 7.14. The van der Waals surface area contributed by atoms with Gasteiger partial charge in [-0.3, -0.25) is 4.99 Å². The normalized spacial score (nSPS) is 20.4. The van der Waals surface area contributed by atoms with Gasteiger partial charge < -0.3 is 10.2 Å². The highest BCUT2D eigenvalue weighted by Crippen LogP contribution is 2.37. The summed E-state index contributed by atoms with van der Waals surface area (Å²) in [7, 11) is 0. The molecule has 1 aromatic rings. The lowest BCUT2D eigenvalue weighted by Crippen LogP contribution is -2.43. The number of nitriles is 1. The predicted molar refractivity (Wildman–Crippen MR) is 174 cm³/mol. The van der Waals surface area contributed by atoms with E-state index in [4.69, 9.17) is 5.26 Å². The van der Waals surface area contributed by atoms with E-state index in [2.05, 4.69) is 55.9 Å². The van der Waals surface area contributed by atoms with E-state index in [1.54, 1.807) is 6.07 Å². The molecule has 1 saturated carbocycles. The van der Waals surface area contributed by atoms with Gasteiger partial charge in [0, 0.05) is 53.9 Å². The summed E-state index contributed by atoms with van der Waals surface area (Å²) in [6.07, 6.45) is 19.0. The molecular formula is C36H49FN4. The number of aliphatic imine (C=N–C) groups is 1. The molecule has 2 aliphatic rings. The van der Waals surface area contributed by atoms with Gasteiger partial charge in [0.2, 0.25) is 0 Å². The van der Waals surface area contributed by atoms with Gasteiger partial charge in [-0.05, 0) is 77.2 Å². The lowest BCUT2D eigenvalue weighted by atomic mass is 9.92. The lowest BCUT2D eigenvalue weighted by Gasteiger charge is -2.32. The van der Waals surface area contributed by atoms with Crippen molar-refractivity contribution in [3.05, 3.63) is 101 Å². The number of allylic oxidation sites excluding steroid dienone is 11. The first-order valence-corrected chi connectivity index (χ1v) is 15.1. The maximum atomic E-state index is 14.6. The van der Waals surface area contributed by atoms with E-state index < -0.39 is 0 Å². The van der Waals surface area contributed by atoms with Crippen LogP contribution in [-0.2, 0) is 0 Å². The van der Waals surface area contributed by atoms with Crippen molar-refractivity contribution in [1.82, 2.24) is 10.2 Å². The molecule has 3 rings (SSSR count). The van der Waals surface area contributed by atoms with Crippen LogP contribution in [0.2, 0.25) is 0 Å². The second kappa shape index (κ2) is 18.0. The number of hydrogen-bond acceptors (Lipinski definition) is 4. The number of rotatable bonds is 11. The van der Waals surface area contributed by atoms with E-state index in [0.717, 1.165) is 61.2 Å². The Morgan fingerprint density at radius 2 is 1.88 bits per heavy atom. The van der Waals surface area contributed by atoms with Gasteiger partial charge in [0.1, 0.15) is 5.82 Å². The average molecular weight is 557 g/mol. The van der Waals surface area contributed by atoms with E-state index in [1.165, 1.54) is 23.8 Å². The molecule has 2 atom stereocenters. The minimum Gasteiger partial charge on any atom is -0.369 e. The number of halogens is 1. The Morgan fingerprint density at radius 3 is 2.51 bits per heavy atom. The van der Waals surface area contributed by atoms with Crippen LogP contribution in [0.5, 0.6) is 0 Å². The highest BCUT2D eigenvalue weighted by Gasteiger charge is 2.44. The predicted octanol–water partition coefficient (Wildman–Crippen LogP) is 9.08. The van der Waals surface area contributed by atoms with Crippen LogP contribution in [0.3, 0.4) is 0 Å². The molecule has 1 aliphatic carbocycles. The minimum atomic E-state index is -0.197. The molecule has 1 saturated heterocycles. The number of nitrogens with one attached hydrogen (secondary N) is 1. The molecule has 1 heterocycles. The Hall–Kier alpha value is -3.49. The summed E-state index contributed by atoms with van der Waals surface area (Å²) in [6.45, 7) is 16.5. The van der Waals surface area contributed by atoms with Gasteiger partial charge >= 0.3 is 0 Å². The molecule has 0 aromatic heterocycles. The Morgan fingerprint density at radius 1 is 1.15 bits per heavy atom. The lowest BCUT2D eigenvalue weighted by molar-refractivity contribution is 0.287. The standard InChI is InChI=1S/C23H30FN3.C13H19N/c1-5-7-12-25-16(3)23(17(4)27-14-13-26-21-15-22(21)27)18(6-2)19-10-8-9-11-20(19)24;1-4-6-7-9-13(11-14)10-12(3)8-5-2/h6-12,21-22,26H,5,13-15H2,1-4H3;6-7,9-10H,4-5,8H2,1-3H3/b12-7+,18-6-,23-17-,25-16+;7-6+,12-10+,13-9+. The summed E-state index contributed by atoms with van der Waals surface area (Å²) >= 11 is 0. The van der Waals surface area contributed by atoms with Gasteiger partial charge in [-0.2, -0.15) is 5.26 Å². The SMILES string of the molecule is CC/C=C/C=C(C#N)\C=C(/C)CCC.C\C=C(C(/C(C)=N/C=C/CC)=C(/C)N1CCNC2CC21)\c1ccccc1F. The summed E-state index contributed by atoms with van der Waals surface area (Å²) in [5.41, 5.74) is 6.69. The van der Waals surface area contributed by atoms with E-state index in [9.17, 15) is 4.39 Å². The molecule has 4 nitrogen and oxygen atoms in total. The molecule has 1 aromatic carbocycles. The second-order valence-corrected chi connectivity index (χ2v) is 10.5. The van der Waals surface area contributed by atoms with E-state index in [0.29, 0.717) is 17.6 Å². The maximum absolute atomic E-state index is 14.6. The van der Waals surface area contributed by atoms with Crippen LogP contribution in [-0.4, -0.2) is 35.8 Å². The number of nitrogens with zero attached hydrogens (tertiary/aromatic N) is 3. The van der Waals surface area contributed by atoms with E-state index in [-0.39, 0.29) is 5.82 Å². The fourth-order valence-electron chi connectivity index (χ4n) is 5.10. The van der Waals surface area contributed by atoms with E-state index in [1.807, 2.05) is 68.6 Å². The number of benzene rings is 1. The third kappa shape index (κ3) is 10.4. The smallest absolute Gasteiger partial charge is 0.131 e. The number of piperazine rings is 1. The van der Waals surface area contributed by atoms with Crippen molar-refractivity contribution in [1.29, 1.82) is 5.26 Å². The molecule has 2 fully saturated rings. The van der Waals surface area contributed by atoms with Crippen molar-refractivity contribution in [2.24, 2.45) is 4.99 Å². The number of hydrogen-bond donors (Lipinski definition) is 1. The second-order valence-electron chi connectivity index (χ2n) is 10.5. The van der Waals surface area contributed by atoms with Crippen molar-refractivity contribution >= 4 is 11.3 Å². The van der Waals surface area contributed by atoms with Gasteiger partial charge in [-0.1, -0.05) is 75.3 Å². The topological polar surface area (TPSA) is 51.4 Å². The zero-order valence-corrected chi connectivity index (χ0v) is 26.2. The molecule has 1 aliphatic heterocycles. The Kier molecular flexibility index (Phi) is 14.8. The first-order valence-electron chi connectivity index (χ1n) is 15.1. The highest BCUT2D eigenvalue weighted by molar-refractivity contribution is 6.12. The van der Waals surface area contributed by atoms with Crippen LogP contribution >= 0.6 is 0 Å². The van der Waals surface area contributed by atoms with Crippen molar-refractivity contribution in [2.75, 3.05) is 13.1 Å². The highest BCUT2D eigenvalue weighted by atomic mass is 19.1. The Bertz CT molecular complexity index is 1250. The molecule has 0 radical (unpaired) electrons. The molecule has 2 unspecified atom stereocenters. The molecule has 5 heteroatoms. The van der Waals surface area contributed by atoms with Crippen molar-refractivity contribution in [2.45, 2.75) is 92.7 Å². The van der Waals surface area contributed by atoms with Crippen molar-refractivity contribution < 1.29 is 4.39 Å². The van der Waals surface area contributed by atoms with Gasteiger partial charge in [0.05, 0.1) is 11.6 Å². The third-order valence-corrected chi connectivity index (χ3v) is 7.22. The Labute approximate surface area is 248 Å². The molecular weight excluding hydrogens is 507 g/mol. The quantitative estimate of drug-likeness (QED) is 0.168. The Balaban J connectivity index is 0.000000357. The van der Waals surface area contributed by atoms with Gasteiger partial charge in [-0.25, -0.2) is 4.39 Å². The molecule has 41 heavy (non-hydrogen) atoms. The van der Waals surface area contributed by atoms with Crippen LogP contribution in [0.4, 0.5) is 4.39 Å². The average Bonchev–Trinajstić information content (AvgIpc) is 3.76. The molecule has 1 N–H and O–H groups in total. The van der Waals surface area contributed by atoms with Gasteiger partial charge in [-0.15, -0.1) is 0 Å². The summed E-state index contributed by atoms with van der Waals surface area (Å²) < 4.78 is 14.6. The monoisotopic (exact) mass is 556 g/mol. The van der Waals surface area contributed by atoms with E-state index >= 15 is 0 Å². The van der Waals surface area contributed by atoms with Crippen molar-refractivity contribution in [3.63, 3.8) is 0 Å². The van der Waals surface area contributed by atoms with Crippen molar-refractivity contribution in [3.8, 4) is 6.07 Å². The molecule has 0 bridgehead atoms. The fourth-order valence-corrected chi connectivity index (χ4v) is 5.10. The third-order valence-electron chi connectivity index (χ3n) is 7.22. The van der Waals surface area contributed by atoms with Crippen LogP contribution in [0.1, 0.15) is 86.1 Å². The summed E-state index contributed by atoms with van der Waals surface area (Å²) in [5, 5.41) is 12.4. The van der Waals surface area contributed by atoms with Crippen LogP contribution in [0, 0.1) is 17.1 Å². The molecule has 0 spiro atoms. The first-order chi connectivity index (χ1) is 19.8. The van der Waals surface area contributed by atoms with Gasteiger partial charge in [0.25, 0.3) is 0 Å². The zero-order valence-electron chi connectivity index (χ0n) is 26.2. The van der Waals surface area contributed by atoms with Gasteiger partial charge in [0.15, 0.2) is 0 Å².